The second-order valence-corrected chi connectivity index (χ2v) is 4.26. The maximum atomic E-state index is 10.3. The van der Waals surface area contributed by atoms with Gasteiger partial charge in [-0.25, -0.2) is 0 Å². The van der Waals surface area contributed by atoms with E-state index in [-0.39, 0.29) is 65.5 Å². The molecule has 3 N–H and O–H groups in total. The molecule has 17 heavy (non-hydrogen) atoms. The Morgan fingerprint density at radius 3 is 2.29 bits per heavy atom. The van der Waals surface area contributed by atoms with Crippen LogP contribution in [-0.4, -0.2) is 46.5 Å². The van der Waals surface area contributed by atoms with E-state index in [9.17, 15) is 24.6 Å². The molecule has 0 saturated carbocycles. The van der Waals surface area contributed by atoms with Crippen molar-refractivity contribution in [2.24, 2.45) is 0 Å². The van der Waals surface area contributed by atoms with E-state index in [1.807, 2.05) is 0 Å². The molecular weight excluding hydrogens is 277 g/mol. The summed E-state index contributed by atoms with van der Waals surface area (Å²) in [6.07, 6.45) is -5.66. The van der Waals surface area contributed by atoms with Crippen LogP contribution in [-0.2, 0) is 13.8 Å². The summed E-state index contributed by atoms with van der Waals surface area (Å²) in [5.41, 5.74) is 0. The van der Waals surface area contributed by atoms with Gasteiger partial charge in [-0.3, -0.25) is 0 Å². The number of phosphoric ester groups is 1. The van der Waals surface area contributed by atoms with Crippen LogP contribution in [0.2, 0.25) is 0 Å². The molecule has 0 aromatic carbocycles. The third-order valence-electron chi connectivity index (χ3n) is 1.94. The fraction of sp³-hybridized carbons (Fsp3) is 1.00. The largest absolute Gasteiger partial charge is 1.00 e. The summed E-state index contributed by atoms with van der Waals surface area (Å²) in [6.45, 7) is -0.481. The fourth-order valence-electron chi connectivity index (χ4n) is 1.25. The summed E-state index contributed by atoms with van der Waals surface area (Å²) < 4.78 is 18.9. The number of hydrogen-bond donors (Lipinski definition) is 3. The Kier molecular flexibility index (Phi) is 11.2. The molecule has 0 aromatic rings. The third-order valence-corrected chi connectivity index (χ3v) is 2.41. The summed E-state index contributed by atoms with van der Waals surface area (Å²) >= 11 is 0. The van der Waals surface area contributed by atoms with Crippen molar-refractivity contribution in [3.8, 4) is 0 Å². The molecule has 1 aliphatic rings. The molecule has 0 radical (unpaired) electrons. The van der Waals surface area contributed by atoms with Crippen LogP contribution in [0.3, 0.4) is 0 Å². The third kappa shape index (κ3) is 7.34. The molecule has 1 fully saturated rings. The minimum atomic E-state index is -5.31. The first-order valence-electron chi connectivity index (χ1n) is 4.16. The zero-order valence-electron chi connectivity index (χ0n) is 9.55. The van der Waals surface area contributed by atoms with E-state index in [1.54, 1.807) is 0 Å². The summed E-state index contributed by atoms with van der Waals surface area (Å²) in [4.78, 5) is 20.5. The van der Waals surface area contributed by atoms with Gasteiger partial charge in [0, 0.05) is 6.42 Å². The van der Waals surface area contributed by atoms with Gasteiger partial charge in [-0.2, -0.15) is 0 Å². The second kappa shape index (κ2) is 8.99. The molecule has 0 aromatic heterocycles. The first-order valence-corrected chi connectivity index (χ1v) is 5.62. The van der Waals surface area contributed by atoms with Crippen molar-refractivity contribution in [1.29, 1.82) is 0 Å². The van der Waals surface area contributed by atoms with Crippen LogP contribution in [0.15, 0.2) is 0 Å². The predicted molar refractivity (Wildman–Crippen MR) is 41.1 cm³/mol. The number of hydrogen-bond acceptors (Lipinski definition) is 8. The standard InChI is InChI=1S/C6H13O8P.2Na/c7-2-3-1-4(8)5(9)6(13-3)14-15(10,11)12;;/h3-9H,1-2H2,(H2,10,11,12);;/q;2*+1/p-2/t3-,4-,5+,6-;;/m0../s1. The van der Waals surface area contributed by atoms with Gasteiger partial charge in [0.05, 0.1) is 26.6 Å². The normalized spacial score (nSPS) is 33.5. The van der Waals surface area contributed by atoms with Gasteiger partial charge in [-0.15, -0.1) is 0 Å². The van der Waals surface area contributed by atoms with E-state index in [1.165, 1.54) is 0 Å². The van der Waals surface area contributed by atoms with Gasteiger partial charge in [-0.1, -0.05) is 0 Å². The molecule has 11 heteroatoms. The Morgan fingerprint density at radius 1 is 1.35 bits per heavy atom. The molecule has 1 aliphatic heterocycles. The second-order valence-electron chi connectivity index (χ2n) is 3.16. The van der Waals surface area contributed by atoms with Gasteiger partial charge in [0.25, 0.3) is 0 Å². The van der Waals surface area contributed by atoms with Crippen LogP contribution in [0.4, 0.5) is 0 Å². The minimum absolute atomic E-state index is 0. The van der Waals surface area contributed by atoms with Crippen LogP contribution in [0.1, 0.15) is 6.42 Å². The van der Waals surface area contributed by atoms with Crippen molar-refractivity contribution in [3.63, 3.8) is 0 Å². The van der Waals surface area contributed by atoms with Gasteiger partial charge in [-0.05, 0) is 0 Å². The number of aliphatic hydroxyl groups excluding tert-OH is 3. The molecule has 0 amide bonds. The van der Waals surface area contributed by atoms with Gasteiger partial charge in [0.15, 0.2) is 6.29 Å². The number of aliphatic hydroxyl groups is 3. The number of rotatable bonds is 3. The summed E-state index contributed by atoms with van der Waals surface area (Å²) in [6, 6.07) is 0. The summed E-state index contributed by atoms with van der Waals surface area (Å²) in [5.74, 6) is 0. The van der Waals surface area contributed by atoms with Crippen molar-refractivity contribution >= 4 is 7.82 Å². The minimum Gasteiger partial charge on any atom is -0.790 e. The van der Waals surface area contributed by atoms with Gasteiger partial charge in [0.1, 0.15) is 6.10 Å². The van der Waals surface area contributed by atoms with Crippen LogP contribution >= 0.6 is 7.82 Å². The molecule has 1 rings (SSSR count). The Bertz CT molecular complexity index is 260. The van der Waals surface area contributed by atoms with Crippen LogP contribution < -0.4 is 68.9 Å². The van der Waals surface area contributed by atoms with E-state index in [0.29, 0.717) is 0 Å². The molecule has 8 nitrogen and oxygen atoms in total. The number of ether oxygens (including phenoxy) is 1. The average Bonchev–Trinajstić information content (AvgIpc) is 2.10. The molecule has 0 spiro atoms. The SMILES string of the molecule is O=P([O-])([O-])O[C@@H]1O[C@H](CO)C[C@H](O)[C@H]1O.[Na+].[Na+]. The van der Waals surface area contributed by atoms with Crippen LogP contribution in [0.25, 0.3) is 0 Å². The van der Waals surface area contributed by atoms with Crippen molar-refractivity contribution in [2.45, 2.75) is 31.0 Å². The van der Waals surface area contributed by atoms with Gasteiger partial charge < -0.3 is 38.9 Å². The van der Waals surface area contributed by atoms with E-state index in [2.05, 4.69) is 4.52 Å². The smallest absolute Gasteiger partial charge is 0.790 e. The molecule has 1 heterocycles. The Morgan fingerprint density at radius 2 is 1.88 bits per heavy atom. The topological polar surface area (TPSA) is 142 Å². The molecule has 1 saturated heterocycles. The van der Waals surface area contributed by atoms with Gasteiger partial charge >= 0.3 is 59.1 Å². The average molecular weight is 288 g/mol. The van der Waals surface area contributed by atoms with E-state index < -0.39 is 39.0 Å². The van der Waals surface area contributed by atoms with Crippen molar-refractivity contribution < 1.29 is 98.0 Å². The zero-order chi connectivity index (χ0) is 11.6. The first-order chi connectivity index (χ1) is 6.83. The molecule has 0 unspecified atom stereocenters. The summed E-state index contributed by atoms with van der Waals surface area (Å²) in [5, 5.41) is 27.2. The zero-order valence-corrected chi connectivity index (χ0v) is 14.4. The monoisotopic (exact) mass is 288 g/mol. The van der Waals surface area contributed by atoms with E-state index >= 15 is 0 Å². The Labute approximate surface area is 142 Å². The van der Waals surface area contributed by atoms with Crippen molar-refractivity contribution in [2.75, 3.05) is 6.61 Å². The molecule has 0 bridgehead atoms. The number of phosphoric acid groups is 1. The predicted octanol–water partition coefficient (Wildman–Crippen LogP) is -9.33. The maximum absolute atomic E-state index is 10.3. The van der Waals surface area contributed by atoms with E-state index in [0.717, 1.165) is 0 Å². The molecule has 4 atom stereocenters. The molecule has 0 aliphatic carbocycles. The van der Waals surface area contributed by atoms with Crippen molar-refractivity contribution in [1.82, 2.24) is 0 Å². The maximum Gasteiger partial charge on any atom is 1.00 e. The van der Waals surface area contributed by atoms with Crippen LogP contribution in [0.5, 0.6) is 0 Å². The van der Waals surface area contributed by atoms with E-state index in [4.69, 9.17) is 9.84 Å². The fourth-order valence-corrected chi connectivity index (χ4v) is 1.68. The van der Waals surface area contributed by atoms with Gasteiger partial charge in [0.2, 0.25) is 0 Å². The summed E-state index contributed by atoms with van der Waals surface area (Å²) in [7, 11) is -5.31. The molecule has 90 valence electrons. The van der Waals surface area contributed by atoms with Crippen LogP contribution in [0, 0.1) is 0 Å². The Balaban J connectivity index is 0. The quantitative estimate of drug-likeness (QED) is 0.343. The Hall–Kier alpha value is 1.95. The molecular formula is C6H11Na2O8P. The van der Waals surface area contributed by atoms with Crippen molar-refractivity contribution in [3.05, 3.63) is 0 Å². The first kappa shape index (κ1) is 21.3.